The van der Waals surface area contributed by atoms with Gasteiger partial charge in [-0.3, -0.25) is 0 Å². The maximum Gasteiger partial charge on any atom is 0.142 e. The van der Waals surface area contributed by atoms with Crippen LogP contribution in [0.4, 0.5) is 11.5 Å². The normalized spacial score (nSPS) is 10.7. The molecule has 18 heavy (non-hydrogen) atoms. The first-order valence-electron chi connectivity index (χ1n) is 5.50. The van der Waals surface area contributed by atoms with E-state index in [4.69, 9.17) is 0 Å². The standard InChI is InChI=1S/C13H11N3OS/c1-8-6-9-12(14-7-15-13(9)18-8)16-10-4-2-3-5-11(10)17/h2-7,17H,1H3,(H,14,15,16). The second-order valence-electron chi connectivity index (χ2n) is 3.94. The van der Waals surface area contributed by atoms with E-state index in [9.17, 15) is 5.11 Å². The van der Waals surface area contributed by atoms with Crippen molar-refractivity contribution in [1.82, 2.24) is 9.97 Å². The summed E-state index contributed by atoms with van der Waals surface area (Å²) in [6, 6.07) is 9.13. The van der Waals surface area contributed by atoms with Crippen LogP contribution in [0.1, 0.15) is 4.88 Å². The zero-order chi connectivity index (χ0) is 12.5. The monoisotopic (exact) mass is 257 g/mol. The molecule has 3 rings (SSSR count). The Hall–Kier alpha value is -2.14. The first-order chi connectivity index (χ1) is 8.74. The number of phenolic OH excluding ortho intramolecular Hbond substituents is 1. The minimum absolute atomic E-state index is 0.205. The summed E-state index contributed by atoms with van der Waals surface area (Å²) in [6.45, 7) is 2.04. The largest absolute Gasteiger partial charge is 0.506 e. The molecule has 2 N–H and O–H groups in total. The van der Waals surface area contributed by atoms with Gasteiger partial charge in [0.1, 0.15) is 22.7 Å². The summed E-state index contributed by atoms with van der Waals surface area (Å²) in [6.07, 6.45) is 1.53. The molecule has 0 aliphatic carbocycles. The van der Waals surface area contributed by atoms with Crippen molar-refractivity contribution in [2.24, 2.45) is 0 Å². The van der Waals surface area contributed by atoms with Crippen molar-refractivity contribution in [3.05, 3.63) is 41.5 Å². The Morgan fingerprint density at radius 3 is 2.89 bits per heavy atom. The van der Waals surface area contributed by atoms with Crippen molar-refractivity contribution < 1.29 is 5.11 Å². The second kappa shape index (κ2) is 4.27. The molecule has 0 spiro atoms. The van der Waals surface area contributed by atoms with Gasteiger partial charge in [-0.1, -0.05) is 12.1 Å². The number of hydrogen-bond donors (Lipinski definition) is 2. The van der Waals surface area contributed by atoms with E-state index in [1.165, 1.54) is 11.2 Å². The molecule has 0 bridgehead atoms. The highest BCUT2D eigenvalue weighted by Crippen LogP contribution is 2.31. The number of aryl methyl sites for hydroxylation is 1. The van der Waals surface area contributed by atoms with Gasteiger partial charge in [0.05, 0.1) is 11.1 Å². The Morgan fingerprint density at radius 1 is 1.22 bits per heavy atom. The topological polar surface area (TPSA) is 58.0 Å². The fourth-order valence-electron chi connectivity index (χ4n) is 1.78. The highest BCUT2D eigenvalue weighted by Gasteiger charge is 2.08. The minimum atomic E-state index is 0.205. The predicted octanol–water partition coefficient (Wildman–Crippen LogP) is 3.45. The molecule has 4 nitrogen and oxygen atoms in total. The summed E-state index contributed by atoms with van der Waals surface area (Å²) in [4.78, 5) is 10.6. The summed E-state index contributed by atoms with van der Waals surface area (Å²) >= 11 is 1.63. The molecule has 0 aliphatic rings. The van der Waals surface area contributed by atoms with E-state index >= 15 is 0 Å². The zero-order valence-corrected chi connectivity index (χ0v) is 10.5. The van der Waals surface area contributed by atoms with Crippen molar-refractivity contribution >= 4 is 33.1 Å². The molecular weight excluding hydrogens is 246 g/mol. The number of aromatic hydroxyl groups is 1. The predicted molar refractivity (Wildman–Crippen MR) is 73.5 cm³/mol. The Bertz CT molecular complexity index is 708. The van der Waals surface area contributed by atoms with Gasteiger partial charge in [-0.25, -0.2) is 9.97 Å². The lowest BCUT2D eigenvalue weighted by Gasteiger charge is -2.07. The van der Waals surface area contributed by atoms with Gasteiger partial charge in [0.15, 0.2) is 0 Å². The van der Waals surface area contributed by atoms with Crippen LogP contribution in [0, 0.1) is 6.92 Å². The Morgan fingerprint density at radius 2 is 2.06 bits per heavy atom. The molecule has 0 saturated heterocycles. The van der Waals surface area contributed by atoms with E-state index in [0.29, 0.717) is 11.5 Å². The maximum absolute atomic E-state index is 9.75. The third-order valence-electron chi connectivity index (χ3n) is 2.61. The molecule has 1 aromatic carbocycles. The number of aromatic nitrogens is 2. The van der Waals surface area contributed by atoms with Gasteiger partial charge in [-0.15, -0.1) is 11.3 Å². The molecule has 0 radical (unpaired) electrons. The van der Waals surface area contributed by atoms with Crippen molar-refractivity contribution in [3.63, 3.8) is 0 Å². The van der Waals surface area contributed by atoms with Crippen LogP contribution in [0.2, 0.25) is 0 Å². The number of thiophene rings is 1. The number of para-hydroxylation sites is 2. The van der Waals surface area contributed by atoms with Crippen molar-refractivity contribution in [2.45, 2.75) is 6.92 Å². The summed E-state index contributed by atoms with van der Waals surface area (Å²) in [7, 11) is 0. The zero-order valence-electron chi connectivity index (χ0n) is 9.71. The summed E-state index contributed by atoms with van der Waals surface area (Å²) < 4.78 is 0. The molecule has 0 aliphatic heterocycles. The smallest absolute Gasteiger partial charge is 0.142 e. The number of anilines is 2. The number of hydrogen-bond acceptors (Lipinski definition) is 5. The van der Waals surface area contributed by atoms with Crippen LogP contribution in [0.5, 0.6) is 5.75 Å². The van der Waals surface area contributed by atoms with Gasteiger partial charge in [-0.2, -0.15) is 0 Å². The molecule has 5 heteroatoms. The third-order valence-corrected chi connectivity index (χ3v) is 3.57. The van der Waals surface area contributed by atoms with Crippen LogP contribution < -0.4 is 5.32 Å². The van der Waals surface area contributed by atoms with Gasteiger partial charge in [0.25, 0.3) is 0 Å². The molecule has 3 aromatic rings. The average Bonchev–Trinajstić information content (AvgIpc) is 2.73. The second-order valence-corrected chi connectivity index (χ2v) is 5.18. The lowest BCUT2D eigenvalue weighted by molar-refractivity contribution is 0.478. The van der Waals surface area contributed by atoms with Crippen molar-refractivity contribution in [1.29, 1.82) is 0 Å². The molecule has 0 saturated carbocycles. The van der Waals surface area contributed by atoms with Crippen LogP contribution >= 0.6 is 11.3 Å². The third kappa shape index (κ3) is 1.89. The molecule has 0 amide bonds. The quantitative estimate of drug-likeness (QED) is 0.690. The molecule has 0 fully saturated rings. The van der Waals surface area contributed by atoms with Gasteiger partial charge in [0.2, 0.25) is 0 Å². The SMILES string of the molecule is Cc1cc2c(Nc3ccccc3O)ncnc2s1. The van der Waals surface area contributed by atoms with Gasteiger partial charge < -0.3 is 10.4 Å². The van der Waals surface area contributed by atoms with E-state index in [1.807, 2.05) is 25.1 Å². The summed E-state index contributed by atoms with van der Waals surface area (Å²) in [5, 5.41) is 13.9. The molecule has 0 unspecified atom stereocenters. The van der Waals surface area contributed by atoms with Gasteiger partial charge in [-0.05, 0) is 25.1 Å². The van der Waals surface area contributed by atoms with E-state index in [-0.39, 0.29) is 5.75 Å². The number of nitrogens with one attached hydrogen (secondary N) is 1. The van der Waals surface area contributed by atoms with Crippen molar-refractivity contribution in [2.75, 3.05) is 5.32 Å². The highest BCUT2D eigenvalue weighted by molar-refractivity contribution is 7.18. The molecule has 0 atom stereocenters. The van der Waals surface area contributed by atoms with Crippen LogP contribution in [0.15, 0.2) is 36.7 Å². The number of phenols is 1. The molecule has 2 aromatic heterocycles. The summed E-state index contributed by atoms with van der Waals surface area (Å²) in [5.74, 6) is 0.919. The number of benzene rings is 1. The van der Waals surface area contributed by atoms with E-state index in [2.05, 4.69) is 15.3 Å². The highest BCUT2D eigenvalue weighted by atomic mass is 32.1. The Balaban J connectivity index is 2.07. The Kier molecular flexibility index (Phi) is 2.60. The van der Waals surface area contributed by atoms with E-state index in [0.717, 1.165) is 10.2 Å². The lowest BCUT2D eigenvalue weighted by atomic mass is 10.3. The van der Waals surface area contributed by atoms with Gasteiger partial charge >= 0.3 is 0 Å². The molecular formula is C13H11N3OS. The molecule has 90 valence electrons. The van der Waals surface area contributed by atoms with Crippen LogP contribution in [-0.2, 0) is 0 Å². The fraction of sp³-hybridized carbons (Fsp3) is 0.0769. The van der Waals surface area contributed by atoms with Gasteiger partial charge in [0, 0.05) is 4.88 Å². The number of rotatable bonds is 2. The lowest BCUT2D eigenvalue weighted by Crippen LogP contribution is -1.94. The molecule has 2 heterocycles. The fourth-order valence-corrected chi connectivity index (χ4v) is 2.63. The van der Waals surface area contributed by atoms with E-state index in [1.54, 1.807) is 23.5 Å². The van der Waals surface area contributed by atoms with Crippen LogP contribution in [0.3, 0.4) is 0 Å². The first kappa shape index (κ1) is 11.0. The maximum atomic E-state index is 9.75. The van der Waals surface area contributed by atoms with Crippen LogP contribution in [-0.4, -0.2) is 15.1 Å². The Labute approximate surface area is 108 Å². The number of fused-ring (bicyclic) bond motifs is 1. The van der Waals surface area contributed by atoms with Crippen molar-refractivity contribution in [3.8, 4) is 5.75 Å². The number of nitrogens with zero attached hydrogens (tertiary/aromatic N) is 2. The average molecular weight is 257 g/mol. The minimum Gasteiger partial charge on any atom is -0.506 e. The summed E-state index contributed by atoms with van der Waals surface area (Å²) in [5.41, 5.74) is 0.640. The van der Waals surface area contributed by atoms with Crippen LogP contribution in [0.25, 0.3) is 10.2 Å². The van der Waals surface area contributed by atoms with E-state index < -0.39 is 0 Å². The first-order valence-corrected chi connectivity index (χ1v) is 6.32.